The van der Waals surface area contributed by atoms with Crippen LogP contribution in [-0.4, -0.2) is 40.4 Å². The highest BCUT2D eigenvalue weighted by Gasteiger charge is 2.28. The number of amides is 1. The van der Waals surface area contributed by atoms with Gasteiger partial charge in [-0.3, -0.25) is 9.36 Å². The van der Waals surface area contributed by atoms with Crippen molar-refractivity contribution in [3.05, 3.63) is 47.8 Å². The molecule has 7 nitrogen and oxygen atoms in total. The molecule has 3 aromatic rings. The zero-order chi connectivity index (χ0) is 21.1. The number of hydrogen-bond acceptors (Lipinski definition) is 6. The molecule has 30 heavy (non-hydrogen) atoms. The van der Waals surface area contributed by atoms with E-state index in [4.69, 9.17) is 4.74 Å². The van der Waals surface area contributed by atoms with E-state index < -0.39 is 0 Å². The predicted octanol–water partition coefficient (Wildman–Crippen LogP) is 4.20. The molecule has 8 heteroatoms. The van der Waals surface area contributed by atoms with Gasteiger partial charge in [-0.05, 0) is 70.0 Å². The molecule has 1 atom stereocenters. The summed E-state index contributed by atoms with van der Waals surface area (Å²) in [6.07, 6.45) is 1.83. The molecular weight excluding hydrogens is 398 g/mol. The molecule has 0 saturated carbocycles. The Bertz CT molecular complexity index is 991. The van der Waals surface area contributed by atoms with E-state index in [1.165, 1.54) is 0 Å². The van der Waals surface area contributed by atoms with Gasteiger partial charge in [-0.2, -0.15) is 0 Å². The summed E-state index contributed by atoms with van der Waals surface area (Å²) in [6.45, 7) is 8.26. The first-order valence-electron chi connectivity index (χ1n) is 10.3. The molecule has 0 spiro atoms. The van der Waals surface area contributed by atoms with E-state index in [1.807, 2.05) is 31.2 Å². The van der Waals surface area contributed by atoms with Crippen LogP contribution < -0.4 is 15.0 Å². The highest BCUT2D eigenvalue weighted by atomic mass is 32.1. The number of aryl methyl sites for hydroxylation is 2. The smallest absolute Gasteiger partial charge is 0.229 e. The second-order valence-electron chi connectivity index (χ2n) is 7.55. The van der Waals surface area contributed by atoms with Gasteiger partial charge in [-0.1, -0.05) is 11.3 Å². The molecule has 1 aromatic carbocycles. The number of carbonyl (C=O) groups excluding carboxylic acids is 1. The number of ether oxygens (including phenoxy) is 1. The first-order chi connectivity index (χ1) is 14.5. The van der Waals surface area contributed by atoms with Crippen molar-refractivity contribution in [2.45, 2.75) is 33.6 Å². The fraction of sp³-hybridized carbons (Fsp3) is 0.409. The van der Waals surface area contributed by atoms with Gasteiger partial charge in [-0.25, -0.2) is 0 Å². The monoisotopic (exact) mass is 425 g/mol. The maximum Gasteiger partial charge on any atom is 0.229 e. The van der Waals surface area contributed by atoms with Gasteiger partial charge < -0.3 is 15.0 Å². The van der Waals surface area contributed by atoms with Crippen LogP contribution in [0, 0.1) is 19.8 Å². The van der Waals surface area contributed by atoms with Gasteiger partial charge in [0.2, 0.25) is 16.2 Å². The predicted molar refractivity (Wildman–Crippen MR) is 120 cm³/mol. The third-order valence-electron chi connectivity index (χ3n) is 5.36. The van der Waals surface area contributed by atoms with Crippen LogP contribution in [0.15, 0.2) is 36.4 Å². The lowest BCUT2D eigenvalue weighted by Gasteiger charge is -2.31. The minimum Gasteiger partial charge on any atom is -0.494 e. The van der Waals surface area contributed by atoms with E-state index in [0.717, 1.165) is 52.5 Å². The van der Waals surface area contributed by atoms with Crippen molar-refractivity contribution in [3.63, 3.8) is 0 Å². The molecule has 1 N–H and O–H groups in total. The molecule has 1 amide bonds. The van der Waals surface area contributed by atoms with E-state index in [-0.39, 0.29) is 11.8 Å². The molecule has 3 heterocycles. The van der Waals surface area contributed by atoms with Gasteiger partial charge in [0.15, 0.2) is 0 Å². The van der Waals surface area contributed by atoms with E-state index in [2.05, 4.69) is 51.0 Å². The number of nitrogens with one attached hydrogen (secondary N) is 1. The van der Waals surface area contributed by atoms with Crippen molar-refractivity contribution < 1.29 is 9.53 Å². The standard InChI is InChI=1S/C22H27N5O2S/c1-4-29-19-11-9-18(10-12-19)23-20(28)17-6-5-13-26(14-17)21-24-25-22(30-21)27-15(2)7-8-16(27)3/h7-12,17H,4-6,13-14H2,1-3H3,(H,23,28)/t17-/m1/s1. The van der Waals surface area contributed by atoms with Crippen LogP contribution in [0.1, 0.15) is 31.2 Å². The Hall–Kier alpha value is -2.87. The van der Waals surface area contributed by atoms with Gasteiger partial charge >= 0.3 is 0 Å². The lowest BCUT2D eigenvalue weighted by atomic mass is 9.97. The van der Waals surface area contributed by atoms with Crippen molar-refractivity contribution in [3.8, 4) is 10.9 Å². The maximum absolute atomic E-state index is 12.8. The fourth-order valence-electron chi connectivity index (χ4n) is 3.81. The number of nitrogens with zero attached hydrogens (tertiary/aromatic N) is 4. The second kappa shape index (κ2) is 8.87. The van der Waals surface area contributed by atoms with E-state index in [0.29, 0.717) is 13.2 Å². The number of rotatable bonds is 6. The van der Waals surface area contributed by atoms with Crippen LogP contribution in [0.4, 0.5) is 10.8 Å². The Kier molecular flexibility index (Phi) is 6.03. The van der Waals surface area contributed by atoms with E-state index in [9.17, 15) is 4.79 Å². The molecular formula is C22H27N5O2S. The number of carbonyl (C=O) groups is 1. The van der Waals surface area contributed by atoms with Crippen molar-refractivity contribution >= 4 is 28.1 Å². The van der Waals surface area contributed by atoms with Crippen LogP contribution in [0.2, 0.25) is 0 Å². The quantitative estimate of drug-likeness (QED) is 0.641. The highest BCUT2D eigenvalue weighted by molar-refractivity contribution is 7.17. The minimum absolute atomic E-state index is 0.0469. The molecule has 158 valence electrons. The molecule has 1 aliphatic rings. The summed E-state index contributed by atoms with van der Waals surface area (Å²) in [7, 11) is 0. The molecule has 0 radical (unpaired) electrons. The summed E-state index contributed by atoms with van der Waals surface area (Å²) >= 11 is 1.57. The molecule has 0 unspecified atom stereocenters. The Balaban J connectivity index is 1.41. The topological polar surface area (TPSA) is 72.3 Å². The number of hydrogen-bond donors (Lipinski definition) is 1. The fourth-order valence-corrected chi connectivity index (χ4v) is 4.81. The Labute approximate surface area is 180 Å². The molecule has 1 aliphatic heterocycles. The van der Waals surface area contributed by atoms with Crippen molar-refractivity contribution in [1.29, 1.82) is 0 Å². The third-order valence-corrected chi connectivity index (χ3v) is 6.33. The van der Waals surface area contributed by atoms with Crippen LogP contribution in [-0.2, 0) is 4.79 Å². The van der Waals surface area contributed by atoms with Crippen molar-refractivity contribution in [2.75, 3.05) is 29.9 Å². The van der Waals surface area contributed by atoms with Crippen LogP contribution in [0.5, 0.6) is 5.75 Å². The third kappa shape index (κ3) is 4.33. The summed E-state index contributed by atoms with van der Waals surface area (Å²) in [5.74, 6) is 0.776. The zero-order valence-electron chi connectivity index (χ0n) is 17.6. The molecule has 1 saturated heterocycles. The maximum atomic E-state index is 12.8. The van der Waals surface area contributed by atoms with Crippen LogP contribution in [0.25, 0.3) is 5.13 Å². The van der Waals surface area contributed by atoms with E-state index >= 15 is 0 Å². The lowest BCUT2D eigenvalue weighted by Crippen LogP contribution is -2.40. The lowest BCUT2D eigenvalue weighted by molar-refractivity contribution is -0.120. The molecule has 2 aromatic heterocycles. The second-order valence-corrected chi connectivity index (χ2v) is 8.48. The number of piperidine rings is 1. The van der Waals surface area contributed by atoms with Gasteiger partial charge in [0, 0.05) is 30.2 Å². The first kappa shape index (κ1) is 20.4. The van der Waals surface area contributed by atoms with Gasteiger partial charge in [-0.15, -0.1) is 10.2 Å². The first-order valence-corrected chi connectivity index (χ1v) is 11.1. The summed E-state index contributed by atoms with van der Waals surface area (Å²) in [6, 6.07) is 11.7. The summed E-state index contributed by atoms with van der Waals surface area (Å²) < 4.78 is 7.57. The minimum atomic E-state index is -0.0762. The average molecular weight is 426 g/mol. The Morgan fingerprint density at radius 1 is 1.13 bits per heavy atom. The van der Waals surface area contributed by atoms with Gasteiger partial charge in [0.25, 0.3) is 0 Å². The molecule has 4 rings (SSSR count). The number of aromatic nitrogens is 3. The summed E-state index contributed by atoms with van der Waals surface area (Å²) in [4.78, 5) is 15.0. The normalized spacial score (nSPS) is 16.5. The van der Waals surface area contributed by atoms with Crippen LogP contribution >= 0.6 is 11.3 Å². The number of benzene rings is 1. The SMILES string of the molecule is CCOc1ccc(NC(=O)[C@@H]2CCCN(c3nnc(-n4c(C)ccc4C)s3)C2)cc1. The zero-order valence-corrected chi connectivity index (χ0v) is 18.4. The highest BCUT2D eigenvalue weighted by Crippen LogP contribution is 2.29. The molecule has 0 bridgehead atoms. The van der Waals surface area contributed by atoms with Crippen molar-refractivity contribution in [2.24, 2.45) is 5.92 Å². The Morgan fingerprint density at radius 3 is 2.53 bits per heavy atom. The van der Waals surface area contributed by atoms with E-state index in [1.54, 1.807) is 11.3 Å². The summed E-state index contributed by atoms with van der Waals surface area (Å²) in [5.41, 5.74) is 3.07. The molecule has 1 fully saturated rings. The average Bonchev–Trinajstić information content (AvgIpc) is 3.36. The van der Waals surface area contributed by atoms with Crippen LogP contribution in [0.3, 0.4) is 0 Å². The summed E-state index contributed by atoms with van der Waals surface area (Å²) in [5, 5.41) is 13.6. The molecule has 0 aliphatic carbocycles. The Morgan fingerprint density at radius 2 is 1.83 bits per heavy atom. The van der Waals surface area contributed by atoms with Gasteiger partial charge in [0.1, 0.15) is 5.75 Å². The number of anilines is 2. The largest absolute Gasteiger partial charge is 0.494 e. The van der Waals surface area contributed by atoms with Gasteiger partial charge in [0.05, 0.1) is 12.5 Å². The van der Waals surface area contributed by atoms with Crippen molar-refractivity contribution in [1.82, 2.24) is 14.8 Å².